The number of hydrogen-bond acceptors (Lipinski definition) is 8. The SMILES string of the molecule is CN(C)c1ccc(S(=O)(=O)NCC(=O)OCC(=O)Nc2cccc3ccccc23)cc1[N+](=O)[O-]. The Morgan fingerprint density at radius 2 is 1.76 bits per heavy atom. The summed E-state index contributed by atoms with van der Waals surface area (Å²) in [5, 5.41) is 15.7. The van der Waals surface area contributed by atoms with Gasteiger partial charge in [0.25, 0.3) is 11.6 Å². The van der Waals surface area contributed by atoms with Gasteiger partial charge < -0.3 is 15.0 Å². The number of fused-ring (bicyclic) bond motifs is 1. The van der Waals surface area contributed by atoms with Crippen LogP contribution >= 0.6 is 0 Å². The molecule has 0 radical (unpaired) electrons. The highest BCUT2D eigenvalue weighted by molar-refractivity contribution is 7.89. The van der Waals surface area contributed by atoms with Crippen molar-refractivity contribution >= 4 is 49.7 Å². The van der Waals surface area contributed by atoms with Gasteiger partial charge in [0, 0.05) is 31.2 Å². The Bertz CT molecular complexity index is 1350. The van der Waals surface area contributed by atoms with Crippen LogP contribution in [-0.4, -0.2) is 52.5 Å². The molecule has 0 atom stereocenters. The standard InChI is InChI=1S/C22H22N4O7S/c1-25(2)19-11-10-16(12-20(19)26(29)30)34(31,32)23-13-22(28)33-14-21(27)24-18-9-5-7-15-6-3-4-8-17(15)18/h3-12,23H,13-14H2,1-2H3,(H,24,27). The first kappa shape index (κ1) is 24.6. The van der Waals surface area contributed by atoms with Crippen LogP contribution in [0.3, 0.4) is 0 Å². The molecule has 0 fully saturated rings. The van der Waals surface area contributed by atoms with Crippen LogP contribution < -0.4 is 14.9 Å². The van der Waals surface area contributed by atoms with E-state index < -0.39 is 45.7 Å². The van der Waals surface area contributed by atoms with E-state index in [2.05, 4.69) is 5.32 Å². The molecule has 0 bridgehead atoms. The number of anilines is 2. The molecule has 1 amide bonds. The highest BCUT2D eigenvalue weighted by Gasteiger charge is 2.23. The number of ether oxygens (including phenoxy) is 1. The summed E-state index contributed by atoms with van der Waals surface area (Å²) in [5.74, 6) is -1.58. The van der Waals surface area contributed by atoms with Crippen LogP contribution in [0.4, 0.5) is 17.1 Å². The van der Waals surface area contributed by atoms with Crippen LogP contribution in [0.15, 0.2) is 65.6 Å². The van der Waals surface area contributed by atoms with Gasteiger partial charge in [0.05, 0.1) is 9.82 Å². The van der Waals surface area contributed by atoms with E-state index >= 15 is 0 Å². The van der Waals surface area contributed by atoms with E-state index in [0.29, 0.717) is 5.69 Å². The quantitative estimate of drug-likeness (QED) is 0.266. The topological polar surface area (TPSA) is 148 Å². The molecule has 0 heterocycles. The summed E-state index contributed by atoms with van der Waals surface area (Å²) in [4.78, 5) is 35.8. The number of rotatable bonds is 9. The predicted octanol–water partition coefficient (Wildman–Crippen LogP) is 2.27. The van der Waals surface area contributed by atoms with Crippen molar-refractivity contribution < 1.29 is 27.7 Å². The number of sulfonamides is 1. The van der Waals surface area contributed by atoms with E-state index in [1.165, 1.54) is 17.0 Å². The van der Waals surface area contributed by atoms with Crippen molar-refractivity contribution in [3.8, 4) is 0 Å². The van der Waals surface area contributed by atoms with Crippen LogP contribution in [0.1, 0.15) is 0 Å². The number of benzene rings is 3. The van der Waals surface area contributed by atoms with Crippen LogP contribution in [0, 0.1) is 10.1 Å². The number of hydrogen-bond donors (Lipinski definition) is 2. The second kappa shape index (κ2) is 10.3. The third-order valence-corrected chi connectivity index (χ3v) is 6.17. The van der Waals surface area contributed by atoms with Gasteiger partial charge in [-0.1, -0.05) is 36.4 Å². The van der Waals surface area contributed by atoms with Crippen LogP contribution in [0.2, 0.25) is 0 Å². The largest absolute Gasteiger partial charge is 0.455 e. The van der Waals surface area contributed by atoms with Crippen LogP contribution in [0.25, 0.3) is 10.8 Å². The summed E-state index contributed by atoms with van der Waals surface area (Å²) in [5.41, 5.74) is 0.365. The lowest BCUT2D eigenvalue weighted by Gasteiger charge is -2.14. The molecule has 0 aliphatic rings. The van der Waals surface area contributed by atoms with Crippen molar-refractivity contribution in [3.05, 3.63) is 70.8 Å². The number of nitro benzene ring substituents is 1. The summed E-state index contributed by atoms with van der Waals surface area (Å²) in [7, 11) is -1.07. The normalized spacial score (nSPS) is 11.1. The van der Waals surface area contributed by atoms with Gasteiger partial charge in [0.15, 0.2) is 6.61 Å². The Hall–Kier alpha value is -4.03. The second-order valence-corrected chi connectivity index (χ2v) is 9.13. The Balaban J connectivity index is 1.57. The van der Waals surface area contributed by atoms with Crippen LogP contribution in [0.5, 0.6) is 0 Å². The highest BCUT2D eigenvalue weighted by Crippen LogP contribution is 2.29. The molecular weight excluding hydrogens is 464 g/mol. The molecule has 178 valence electrons. The zero-order valence-corrected chi connectivity index (χ0v) is 19.2. The minimum Gasteiger partial charge on any atom is -0.455 e. The zero-order valence-electron chi connectivity index (χ0n) is 18.3. The number of nitrogens with zero attached hydrogens (tertiary/aromatic N) is 2. The Morgan fingerprint density at radius 3 is 2.47 bits per heavy atom. The number of amides is 1. The van der Waals surface area contributed by atoms with E-state index in [1.807, 2.05) is 35.1 Å². The third kappa shape index (κ3) is 5.85. The number of nitro groups is 1. The number of nitrogens with one attached hydrogen (secondary N) is 2. The summed E-state index contributed by atoms with van der Waals surface area (Å²) in [6.07, 6.45) is 0. The fourth-order valence-corrected chi connectivity index (χ4v) is 4.14. The first-order valence-corrected chi connectivity index (χ1v) is 11.5. The van der Waals surface area contributed by atoms with Crippen molar-refractivity contribution in [2.45, 2.75) is 4.90 Å². The van der Waals surface area contributed by atoms with Crippen molar-refractivity contribution in [2.24, 2.45) is 0 Å². The smallest absolute Gasteiger partial charge is 0.321 e. The van der Waals surface area contributed by atoms with Crippen molar-refractivity contribution in [2.75, 3.05) is 37.5 Å². The maximum Gasteiger partial charge on any atom is 0.321 e. The van der Waals surface area contributed by atoms with E-state index in [-0.39, 0.29) is 10.6 Å². The first-order valence-electron chi connectivity index (χ1n) is 9.97. The van der Waals surface area contributed by atoms with Gasteiger partial charge in [-0.25, -0.2) is 8.42 Å². The minimum atomic E-state index is -4.24. The molecular formula is C22H22N4O7S. The number of carbonyl (C=O) groups is 2. The van der Waals surface area contributed by atoms with Gasteiger partial charge in [-0.3, -0.25) is 19.7 Å². The molecule has 2 N–H and O–H groups in total. The molecule has 0 aliphatic carbocycles. The lowest BCUT2D eigenvalue weighted by Crippen LogP contribution is -2.32. The molecule has 12 heteroatoms. The zero-order chi connectivity index (χ0) is 24.9. The molecule has 0 saturated heterocycles. The molecule has 0 spiro atoms. The van der Waals surface area contributed by atoms with Crippen molar-refractivity contribution in [1.82, 2.24) is 4.72 Å². The minimum absolute atomic E-state index is 0.223. The Morgan fingerprint density at radius 1 is 1.06 bits per heavy atom. The van der Waals surface area contributed by atoms with Gasteiger partial charge in [-0.15, -0.1) is 0 Å². The summed E-state index contributed by atoms with van der Waals surface area (Å²) >= 11 is 0. The summed E-state index contributed by atoms with van der Waals surface area (Å²) < 4.78 is 31.8. The molecule has 3 aromatic carbocycles. The molecule has 0 aromatic heterocycles. The summed E-state index contributed by atoms with van der Waals surface area (Å²) in [6, 6.07) is 16.2. The Kier molecular flexibility index (Phi) is 7.44. The second-order valence-electron chi connectivity index (χ2n) is 7.36. The van der Waals surface area contributed by atoms with Crippen LogP contribution in [-0.2, 0) is 24.3 Å². The highest BCUT2D eigenvalue weighted by atomic mass is 32.2. The average molecular weight is 487 g/mol. The lowest BCUT2D eigenvalue weighted by atomic mass is 10.1. The molecule has 0 saturated carbocycles. The van der Waals surface area contributed by atoms with Gasteiger partial charge in [0.2, 0.25) is 10.0 Å². The number of carbonyl (C=O) groups excluding carboxylic acids is 2. The fraction of sp³-hybridized carbons (Fsp3) is 0.182. The fourth-order valence-electron chi connectivity index (χ4n) is 3.15. The lowest BCUT2D eigenvalue weighted by molar-refractivity contribution is -0.384. The summed E-state index contributed by atoms with van der Waals surface area (Å²) in [6.45, 7) is -1.38. The van der Waals surface area contributed by atoms with E-state index in [1.54, 1.807) is 26.2 Å². The van der Waals surface area contributed by atoms with E-state index in [4.69, 9.17) is 4.74 Å². The van der Waals surface area contributed by atoms with Crippen molar-refractivity contribution in [1.29, 1.82) is 0 Å². The maximum atomic E-state index is 12.5. The number of esters is 1. The van der Waals surface area contributed by atoms with Crippen molar-refractivity contribution in [3.63, 3.8) is 0 Å². The Labute approximate surface area is 195 Å². The first-order chi connectivity index (χ1) is 16.1. The average Bonchev–Trinajstić information content (AvgIpc) is 2.81. The molecule has 34 heavy (non-hydrogen) atoms. The van der Waals surface area contributed by atoms with Gasteiger partial charge >= 0.3 is 5.97 Å². The van der Waals surface area contributed by atoms with Gasteiger partial charge in [-0.05, 0) is 23.6 Å². The predicted molar refractivity (Wildman–Crippen MR) is 126 cm³/mol. The van der Waals surface area contributed by atoms with E-state index in [0.717, 1.165) is 16.8 Å². The molecule has 11 nitrogen and oxygen atoms in total. The molecule has 0 aliphatic heterocycles. The molecule has 3 aromatic rings. The third-order valence-electron chi connectivity index (χ3n) is 4.77. The monoisotopic (exact) mass is 486 g/mol. The van der Waals surface area contributed by atoms with E-state index in [9.17, 15) is 28.1 Å². The maximum absolute atomic E-state index is 12.5. The van der Waals surface area contributed by atoms with Gasteiger partial charge in [0.1, 0.15) is 12.2 Å². The van der Waals surface area contributed by atoms with Gasteiger partial charge in [-0.2, -0.15) is 4.72 Å². The molecule has 3 rings (SSSR count). The molecule has 0 unspecified atom stereocenters.